The fraction of sp³-hybridized carbons (Fsp3) is 0.529. The predicted molar refractivity (Wildman–Crippen MR) is 85.9 cm³/mol. The molecule has 0 aliphatic carbocycles. The summed E-state index contributed by atoms with van der Waals surface area (Å²) in [5.41, 5.74) is 0.701. The Morgan fingerprint density at radius 1 is 1.22 bits per heavy atom. The van der Waals surface area contributed by atoms with E-state index in [2.05, 4.69) is 5.32 Å². The summed E-state index contributed by atoms with van der Waals surface area (Å²) in [5.74, 6) is -0.112. The van der Waals surface area contributed by atoms with E-state index in [9.17, 15) is 9.59 Å². The van der Waals surface area contributed by atoms with Gasteiger partial charge in [-0.1, -0.05) is 30.3 Å². The molecule has 1 aromatic carbocycles. The third-order valence-corrected chi connectivity index (χ3v) is 4.69. The molecule has 0 unspecified atom stereocenters. The van der Waals surface area contributed by atoms with Crippen LogP contribution in [0.3, 0.4) is 0 Å². The van der Waals surface area contributed by atoms with E-state index in [-0.39, 0.29) is 18.5 Å². The monoisotopic (exact) mass is 317 g/mol. The van der Waals surface area contributed by atoms with Gasteiger partial charge >= 0.3 is 6.03 Å². The number of nitrogens with zero attached hydrogens (tertiary/aromatic N) is 2. The van der Waals surface area contributed by atoms with Crippen molar-refractivity contribution in [3.05, 3.63) is 35.9 Å². The van der Waals surface area contributed by atoms with Gasteiger partial charge in [-0.2, -0.15) is 0 Å². The number of hydrogen-bond donors (Lipinski definition) is 1. The normalized spacial score (nSPS) is 20.7. The molecule has 0 spiro atoms. The molecule has 124 valence electrons. The van der Waals surface area contributed by atoms with Gasteiger partial charge in [0.15, 0.2) is 0 Å². The lowest BCUT2D eigenvalue weighted by Gasteiger charge is -2.39. The smallest absolute Gasteiger partial charge is 0.320 e. The number of rotatable bonds is 4. The molecule has 0 atom stereocenters. The molecule has 1 N–H and O–H groups in total. The topological polar surface area (TPSA) is 61.9 Å². The summed E-state index contributed by atoms with van der Waals surface area (Å²) in [5, 5.41) is 3.18. The third-order valence-electron chi connectivity index (χ3n) is 4.69. The molecule has 0 saturated carbocycles. The highest BCUT2D eigenvalue weighted by molar-refractivity contribution is 5.85. The molecular formula is C17H23N3O3. The molecular weight excluding hydrogens is 294 g/mol. The zero-order chi connectivity index (χ0) is 16.3. The fourth-order valence-electron chi connectivity index (χ4n) is 3.29. The maximum atomic E-state index is 12.5. The summed E-state index contributed by atoms with van der Waals surface area (Å²) < 4.78 is 5.47. The third kappa shape index (κ3) is 3.32. The Morgan fingerprint density at radius 3 is 2.52 bits per heavy atom. The van der Waals surface area contributed by atoms with Crippen LogP contribution >= 0.6 is 0 Å². The van der Waals surface area contributed by atoms with E-state index in [4.69, 9.17) is 4.74 Å². The molecule has 2 aliphatic heterocycles. The van der Waals surface area contributed by atoms with E-state index in [1.807, 2.05) is 30.3 Å². The summed E-state index contributed by atoms with van der Waals surface area (Å²) in [4.78, 5) is 27.7. The van der Waals surface area contributed by atoms with Gasteiger partial charge in [0, 0.05) is 33.4 Å². The van der Waals surface area contributed by atoms with Gasteiger partial charge in [0.25, 0.3) is 0 Å². The average molecular weight is 317 g/mol. The number of likely N-dealkylation sites (N-methyl/N-ethyl adjacent to an activating group) is 1. The summed E-state index contributed by atoms with van der Waals surface area (Å²) in [7, 11) is 1.75. The molecule has 2 saturated heterocycles. The molecule has 0 radical (unpaired) electrons. The van der Waals surface area contributed by atoms with Crippen molar-refractivity contribution in [2.45, 2.75) is 18.4 Å². The Kier molecular flexibility index (Phi) is 4.52. The molecule has 23 heavy (non-hydrogen) atoms. The number of nitrogens with one attached hydrogen (secondary N) is 1. The second-order valence-electron chi connectivity index (χ2n) is 6.23. The van der Waals surface area contributed by atoms with Crippen LogP contribution in [0.1, 0.15) is 18.4 Å². The second-order valence-corrected chi connectivity index (χ2v) is 6.23. The van der Waals surface area contributed by atoms with Crippen molar-refractivity contribution in [2.24, 2.45) is 0 Å². The maximum absolute atomic E-state index is 12.5. The average Bonchev–Trinajstić information content (AvgIpc) is 2.88. The van der Waals surface area contributed by atoms with Crippen molar-refractivity contribution < 1.29 is 14.3 Å². The molecule has 2 aliphatic rings. The molecule has 6 nitrogen and oxygen atoms in total. The Bertz CT molecular complexity index is 570. The molecule has 0 bridgehead atoms. The lowest BCUT2D eigenvalue weighted by molar-refractivity contribution is -0.125. The first-order valence-corrected chi connectivity index (χ1v) is 8.05. The highest BCUT2D eigenvalue weighted by atomic mass is 16.5. The Balaban J connectivity index is 1.71. The number of amides is 3. The lowest BCUT2D eigenvalue weighted by Crippen LogP contribution is -2.52. The van der Waals surface area contributed by atoms with Gasteiger partial charge in [0.2, 0.25) is 5.91 Å². The molecule has 0 aromatic heterocycles. The van der Waals surface area contributed by atoms with Crippen LogP contribution in [0, 0.1) is 0 Å². The summed E-state index contributed by atoms with van der Waals surface area (Å²) in [6.45, 7) is 2.63. The van der Waals surface area contributed by atoms with Crippen LogP contribution in [0.2, 0.25) is 0 Å². The van der Waals surface area contributed by atoms with Crippen molar-refractivity contribution >= 4 is 11.9 Å². The van der Waals surface area contributed by atoms with Gasteiger partial charge in [0.05, 0.1) is 5.54 Å². The summed E-state index contributed by atoms with van der Waals surface area (Å²) in [6, 6.07) is 9.94. The van der Waals surface area contributed by atoms with Crippen LogP contribution in [0.15, 0.2) is 30.3 Å². The van der Waals surface area contributed by atoms with Crippen molar-refractivity contribution in [3.8, 4) is 0 Å². The van der Waals surface area contributed by atoms with E-state index in [1.165, 1.54) is 0 Å². The minimum absolute atomic E-state index is 0.0825. The Hall–Kier alpha value is -2.08. The highest BCUT2D eigenvalue weighted by Gasteiger charge is 2.37. The summed E-state index contributed by atoms with van der Waals surface area (Å²) in [6.07, 6.45) is 1.49. The van der Waals surface area contributed by atoms with Crippen LogP contribution in [0.4, 0.5) is 4.79 Å². The minimum Gasteiger partial charge on any atom is -0.381 e. The lowest BCUT2D eigenvalue weighted by atomic mass is 9.82. The second kappa shape index (κ2) is 6.58. The van der Waals surface area contributed by atoms with Crippen molar-refractivity contribution in [1.29, 1.82) is 0 Å². The molecule has 2 heterocycles. The van der Waals surface area contributed by atoms with Crippen LogP contribution in [-0.4, -0.2) is 61.6 Å². The van der Waals surface area contributed by atoms with Gasteiger partial charge in [-0.05, 0) is 18.4 Å². The highest BCUT2D eigenvalue weighted by Crippen LogP contribution is 2.32. The SMILES string of the molecule is CN1CCN(CC(=O)NC2(c3ccccc3)CCOCC2)C1=O. The van der Waals surface area contributed by atoms with Gasteiger partial charge in [-0.25, -0.2) is 4.79 Å². The van der Waals surface area contributed by atoms with Gasteiger partial charge in [-0.15, -0.1) is 0 Å². The Morgan fingerprint density at radius 2 is 1.91 bits per heavy atom. The van der Waals surface area contributed by atoms with Crippen molar-refractivity contribution in [1.82, 2.24) is 15.1 Å². The van der Waals surface area contributed by atoms with Gasteiger partial charge in [-0.3, -0.25) is 4.79 Å². The summed E-state index contributed by atoms with van der Waals surface area (Å²) >= 11 is 0. The van der Waals surface area contributed by atoms with E-state index >= 15 is 0 Å². The van der Waals surface area contributed by atoms with Crippen LogP contribution < -0.4 is 5.32 Å². The number of urea groups is 1. The molecule has 6 heteroatoms. The number of carbonyl (C=O) groups excluding carboxylic acids is 2. The predicted octanol–water partition coefficient (Wildman–Crippen LogP) is 1.18. The number of ether oxygens (including phenoxy) is 1. The van der Waals surface area contributed by atoms with Crippen molar-refractivity contribution in [2.75, 3.05) is 39.9 Å². The van der Waals surface area contributed by atoms with Crippen molar-refractivity contribution in [3.63, 3.8) is 0 Å². The molecule has 1 aromatic rings. The molecule has 3 amide bonds. The van der Waals surface area contributed by atoms with E-state index < -0.39 is 5.54 Å². The van der Waals surface area contributed by atoms with Gasteiger partial charge in [0.1, 0.15) is 6.54 Å². The number of benzene rings is 1. The Labute approximate surface area is 136 Å². The van der Waals surface area contributed by atoms with Crippen LogP contribution in [0.5, 0.6) is 0 Å². The fourth-order valence-corrected chi connectivity index (χ4v) is 3.29. The van der Waals surface area contributed by atoms with Crippen LogP contribution in [0.25, 0.3) is 0 Å². The number of carbonyl (C=O) groups is 2. The first-order valence-electron chi connectivity index (χ1n) is 8.05. The zero-order valence-corrected chi connectivity index (χ0v) is 13.5. The maximum Gasteiger partial charge on any atom is 0.320 e. The first-order chi connectivity index (χ1) is 11.1. The largest absolute Gasteiger partial charge is 0.381 e. The molecule has 3 rings (SSSR count). The number of hydrogen-bond acceptors (Lipinski definition) is 3. The first kappa shape index (κ1) is 15.8. The van der Waals surface area contributed by atoms with Gasteiger partial charge < -0.3 is 19.9 Å². The van der Waals surface area contributed by atoms with E-state index in [0.717, 1.165) is 18.4 Å². The zero-order valence-electron chi connectivity index (χ0n) is 13.5. The van der Waals surface area contributed by atoms with E-state index in [0.29, 0.717) is 26.3 Å². The standard InChI is InChI=1S/C17H23N3O3/c1-19-9-10-20(16(19)22)13-15(21)18-17(7-11-23-12-8-17)14-5-3-2-4-6-14/h2-6H,7-13H2,1H3,(H,18,21). The minimum atomic E-state index is -0.398. The van der Waals surface area contributed by atoms with Crippen LogP contribution in [-0.2, 0) is 15.1 Å². The molecule has 2 fully saturated rings. The quantitative estimate of drug-likeness (QED) is 0.907. The van der Waals surface area contributed by atoms with E-state index in [1.54, 1.807) is 16.8 Å².